The number of ether oxygens (including phenoxy) is 2. The zero-order valence-corrected chi connectivity index (χ0v) is 12.7. The normalized spacial score (nSPS) is 26.2. The Balaban J connectivity index is 1.72. The van der Waals surface area contributed by atoms with Gasteiger partial charge in [0.1, 0.15) is 0 Å². The zero-order chi connectivity index (χ0) is 14.4. The van der Waals surface area contributed by atoms with E-state index in [1.807, 2.05) is 14.1 Å². The van der Waals surface area contributed by atoms with Gasteiger partial charge >= 0.3 is 0 Å². The molecule has 2 rings (SSSR count). The van der Waals surface area contributed by atoms with Gasteiger partial charge in [0, 0.05) is 33.7 Å². The molecule has 2 fully saturated rings. The Kier molecular flexibility index (Phi) is 6.22. The smallest absolute Gasteiger partial charge is 0.236 e. The molecule has 0 aromatic heterocycles. The number of likely N-dealkylation sites (N-methyl/N-ethyl adjacent to an activating group) is 1. The van der Waals surface area contributed by atoms with Crippen LogP contribution in [0.5, 0.6) is 0 Å². The molecule has 116 valence electrons. The summed E-state index contributed by atoms with van der Waals surface area (Å²) in [6.07, 6.45) is 1.31. The van der Waals surface area contributed by atoms with Crippen LogP contribution in [0.4, 0.5) is 0 Å². The summed E-state index contributed by atoms with van der Waals surface area (Å²) in [6.45, 7) is 7.63. The minimum atomic E-state index is 0.183. The second kappa shape index (κ2) is 7.93. The van der Waals surface area contributed by atoms with Crippen molar-refractivity contribution in [3.8, 4) is 0 Å². The molecule has 0 bridgehead atoms. The number of carbonyl (C=O) groups excluding carboxylic acids is 1. The van der Waals surface area contributed by atoms with Gasteiger partial charge in [-0.25, -0.2) is 0 Å². The Morgan fingerprint density at radius 3 is 2.60 bits per heavy atom. The number of rotatable bonds is 4. The van der Waals surface area contributed by atoms with E-state index < -0.39 is 0 Å². The number of hydrogen-bond acceptors (Lipinski definition) is 5. The van der Waals surface area contributed by atoms with E-state index in [2.05, 4.69) is 9.80 Å². The summed E-state index contributed by atoms with van der Waals surface area (Å²) in [6, 6.07) is 0. The lowest BCUT2D eigenvalue weighted by molar-refractivity contribution is -0.129. The minimum absolute atomic E-state index is 0.183. The quantitative estimate of drug-likeness (QED) is 0.697. The predicted molar refractivity (Wildman–Crippen MR) is 76.8 cm³/mol. The van der Waals surface area contributed by atoms with E-state index in [1.165, 1.54) is 0 Å². The van der Waals surface area contributed by atoms with Crippen LogP contribution in [0.3, 0.4) is 0 Å². The highest BCUT2D eigenvalue weighted by molar-refractivity contribution is 5.77. The highest BCUT2D eigenvalue weighted by Gasteiger charge is 2.22. The van der Waals surface area contributed by atoms with Crippen LogP contribution < -0.4 is 0 Å². The van der Waals surface area contributed by atoms with Gasteiger partial charge in [-0.05, 0) is 19.5 Å². The first-order valence-electron chi connectivity index (χ1n) is 7.49. The summed E-state index contributed by atoms with van der Waals surface area (Å²) in [5, 5.41) is 0. The molecule has 0 aliphatic carbocycles. The van der Waals surface area contributed by atoms with Gasteiger partial charge in [0.05, 0.1) is 32.5 Å². The average molecular weight is 285 g/mol. The van der Waals surface area contributed by atoms with Crippen molar-refractivity contribution >= 4 is 5.91 Å². The van der Waals surface area contributed by atoms with Crippen molar-refractivity contribution in [2.75, 3.05) is 73.2 Å². The van der Waals surface area contributed by atoms with Crippen LogP contribution in [0.15, 0.2) is 0 Å². The molecule has 1 atom stereocenters. The van der Waals surface area contributed by atoms with Crippen molar-refractivity contribution in [1.82, 2.24) is 14.7 Å². The third-order valence-corrected chi connectivity index (χ3v) is 3.89. The largest absolute Gasteiger partial charge is 0.376 e. The minimum Gasteiger partial charge on any atom is -0.376 e. The van der Waals surface area contributed by atoms with Crippen molar-refractivity contribution < 1.29 is 14.3 Å². The molecule has 2 saturated heterocycles. The Morgan fingerprint density at radius 2 is 1.90 bits per heavy atom. The van der Waals surface area contributed by atoms with Crippen LogP contribution >= 0.6 is 0 Å². The molecular weight excluding hydrogens is 258 g/mol. The van der Waals surface area contributed by atoms with Crippen LogP contribution in [0, 0.1) is 0 Å². The van der Waals surface area contributed by atoms with Crippen LogP contribution in [-0.4, -0.2) is 99.9 Å². The van der Waals surface area contributed by atoms with Gasteiger partial charge < -0.3 is 14.4 Å². The van der Waals surface area contributed by atoms with Gasteiger partial charge in [-0.1, -0.05) is 0 Å². The lowest BCUT2D eigenvalue weighted by Crippen LogP contribution is -2.42. The van der Waals surface area contributed by atoms with E-state index in [0.29, 0.717) is 19.8 Å². The molecular formula is C14H27N3O3. The maximum absolute atomic E-state index is 11.8. The molecule has 0 aromatic carbocycles. The van der Waals surface area contributed by atoms with Crippen molar-refractivity contribution in [3.63, 3.8) is 0 Å². The van der Waals surface area contributed by atoms with Gasteiger partial charge in [-0.2, -0.15) is 0 Å². The third kappa shape index (κ3) is 5.01. The number of carbonyl (C=O) groups is 1. The van der Waals surface area contributed by atoms with E-state index in [-0.39, 0.29) is 12.0 Å². The van der Waals surface area contributed by atoms with E-state index in [9.17, 15) is 4.79 Å². The summed E-state index contributed by atoms with van der Waals surface area (Å²) in [5.41, 5.74) is 0. The molecule has 2 heterocycles. The molecule has 6 nitrogen and oxygen atoms in total. The van der Waals surface area contributed by atoms with E-state index >= 15 is 0 Å². The van der Waals surface area contributed by atoms with Gasteiger partial charge in [0.25, 0.3) is 0 Å². The number of amides is 1. The molecule has 2 aliphatic rings. The molecule has 0 saturated carbocycles. The van der Waals surface area contributed by atoms with Crippen molar-refractivity contribution in [2.45, 2.75) is 12.5 Å². The molecule has 2 aliphatic heterocycles. The standard InChI is InChI=1S/C14H27N3O3/c1-15(2)14(18)11-17-5-3-4-16(6-7-17)10-13-12-19-8-9-20-13/h13H,3-12H2,1-2H3. The Hall–Kier alpha value is -0.690. The number of nitrogens with zero attached hydrogens (tertiary/aromatic N) is 3. The fraction of sp³-hybridized carbons (Fsp3) is 0.929. The summed E-state index contributed by atoms with van der Waals surface area (Å²) in [5.74, 6) is 0.183. The Bertz CT molecular complexity index is 306. The second-order valence-corrected chi connectivity index (χ2v) is 5.79. The first kappa shape index (κ1) is 15.7. The van der Waals surface area contributed by atoms with Gasteiger partial charge in [0.2, 0.25) is 5.91 Å². The van der Waals surface area contributed by atoms with Crippen LogP contribution in [-0.2, 0) is 14.3 Å². The third-order valence-electron chi connectivity index (χ3n) is 3.89. The van der Waals surface area contributed by atoms with Crippen molar-refractivity contribution in [3.05, 3.63) is 0 Å². The van der Waals surface area contributed by atoms with Gasteiger partial charge in [-0.3, -0.25) is 14.6 Å². The summed E-state index contributed by atoms with van der Waals surface area (Å²) < 4.78 is 11.1. The highest BCUT2D eigenvalue weighted by Crippen LogP contribution is 2.08. The SMILES string of the molecule is CN(C)C(=O)CN1CCCN(CC2COCCO2)CC1. The molecule has 0 aromatic rings. The summed E-state index contributed by atoms with van der Waals surface area (Å²) >= 11 is 0. The Morgan fingerprint density at radius 1 is 1.15 bits per heavy atom. The maximum atomic E-state index is 11.8. The fourth-order valence-electron chi connectivity index (χ4n) is 2.63. The second-order valence-electron chi connectivity index (χ2n) is 5.79. The van der Waals surface area contributed by atoms with Gasteiger partial charge in [-0.15, -0.1) is 0 Å². The van der Waals surface area contributed by atoms with E-state index in [4.69, 9.17) is 9.47 Å². The molecule has 0 spiro atoms. The first-order valence-corrected chi connectivity index (χ1v) is 7.49. The fourth-order valence-corrected chi connectivity index (χ4v) is 2.63. The summed E-state index contributed by atoms with van der Waals surface area (Å²) in [7, 11) is 3.62. The molecule has 6 heteroatoms. The zero-order valence-electron chi connectivity index (χ0n) is 12.7. The Labute approximate surface area is 121 Å². The maximum Gasteiger partial charge on any atom is 0.236 e. The van der Waals surface area contributed by atoms with Crippen molar-refractivity contribution in [1.29, 1.82) is 0 Å². The molecule has 1 unspecified atom stereocenters. The van der Waals surface area contributed by atoms with Crippen LogP contribution in [0.1, 0.15) is 6.42 Å². The summed E-state index contributed by atoms with van der Waals surface area (Å²) in [4.78, 5) is 18.1. The lowest BCUT2D eigenvalue weighted by Gasteiger charge is -2.29. The van der Waals surface area contributed by atoms with Crippen LogP contribution in [0.25, 0.3) is 0 Å². The molecule has 0 radical (unpaired) electrons. The van der Waals surface area contributed by atoms with E-state index in [1.54, 1.807) is 4.90 Å². The monoisotopic (exact) mass is 285 g/mol. The van der Waals surface area contributed by atoms with Gasteiger partial charge in [0.15, 0.2) is 0 Å². The van der Waals surface area contributed by atoms with E-state index in [0.717, 1.165) is 45.8 Å². The average Bonchev–Trinajstić information content (AvgIpc) is 2.65. The topological polar surface area (TPSA) is 45.3 Å². The molecule has 1 amide bonds. The van der Waals surface area contributed by atoms with Crippen molar-refractivity contribution in [2.24, 2.45) is 0 Å². The molecule has 20 heavy (non-hydrogen) atoms. The number of hydrogen-bond donors (Lipinski definition) is 0. The van der Waals surface area contributed by atoms with Crippen LogP contribution in [0.2, 0.25) is 0 Å². The molecule has 0 N–H and O–H groups in total. The lowest BCUT2D eigenvalue weighted by atomic mass is 10.3. The predicted octanol–water partition coefficient (Wildman–Crippen LogP) is -0.502. The highest BCUT2D eigenvalue weighted by atomic mass is 16.6. The first-order chi connectivity index (χ1) is 9.65.